The van der Waals surface area contributed by atoms with Crippen LogP contribution in [0.2, 0.25) is 0 Å². The van der Waals surface area contributed by atoms with Crippen LogP contribution in [0.15, 0.2) is 207 Å². The summed E-state index contributed by atoms with van der Waals surface area (Å²) in [6, 6.07) is 54.5. The first-order valence-electron chi connectivity index (χ1n) is 18.4. The second kappa shape index (κ2) is 28.2. The Balaban J connectivity index is 0.000000190. The van der Waals surface area contributed by atoms with Gasteiger partial charge >= 0.3 is 0 Å². The summed E-state index contributed by atoms with van der Waals surface area (Å²) >= 11 is 10.2. The molecule has 9 heteroatoms. The molecule has 6 aromatic carbocycles. The van der Waals surface area contributed by atoms with Gasteiger partial charge < -0.3 is 0 Å². The molecular formula is C48H45Br3N6. The molecule has 0 aliphatic rings. The molecule has 0 radical (unpaired) electrons. The van der Waals surface area contributed by atoms with E-state index in [1.54, 1.807) is 0 Å². The summed E-state index contributed by atoms with van der Waals surface area (Å²) < 4.78 is 3.24. The molecule has 57 heavy (non-hydrogen) atoms. The van der Waals surface area contributed by atoms with Crippen molar-refractivity contribution in [2.45, 2.75) is 0 Å². The van der Waals surface area contributed by atoms with Gasteiger partial charge in [0.2, 0.25) is 0 Å². The highest BCUT2D eigenvalue weighted by molar-refractivity contribution is 9.11. The molecule has 0 bridgehead atoms. The third-order valence-electron chi connectivity index (χ3n) is 7.53. The lowest BCUT2D eigenvalue weighted by atomic mass is 10.2. The van der Waals surface area contributed by atoms with Crippen molar-refractivity contribution in [3.63, 3.8) is 0 Å². The number of rotatable bonds is 15. The highest BCUT2D eigenvalue weighted by Gasteiger charge is 1.91. The zero-order valence-corrected chi connectivity index (χ0v) is 36.4. The predicted octanol–water partition coefficient (Wildman–Crippen LogP) is 12.0. The maximum atomic E-state index is 4.36. The van der Waals surface area contributed by atoms with Crippen LogP contribution in [-0.4, -0.2) is 76.6 Å². The molecule has 0 unspecified atom stereocenters. The number of hydrogen-bond donors (Lipinski definition) is 0. The second-order valence-electron chi connectivity index (χ2n) is 12.1. The summed E-state index contributed by atoms with van der Waals surface area (Å²) in [6.07, 6.45) is 11.3. The quantitative estimate of drug-likeness (QED) is 0.0727. The third-order valence-corrected chi connectivity index (χ3v) is 9.11. The molecular weight excluding hydrogens is 900 g/mol. The predicted molar refractivity (Wildman–Crippen MR) is 257 cm³/mol. The Morgan fingerprint density at radius 1 is 0.246 bits per heavy atom. The van der Waals surface area contributed by atoms with Crippen molar-refractivity contribution in [3.8, 4) is 0 Å². The number of halogens is 3. The molecule has 0 aliphatic heterocycles. The average molecular weight is 946 g/mol. The third kappa shape index (κ3) is 21.0. The van der Waals surface area contributed by atoms with Gasteiger partial charge in [-0.3, -0.25) is 30.0 Å². The summed E-state index contributed by atoms with van der Waals surface area (Å²) in [7, 11) is 0. The van der Waals surface area contributed by atoms with Crippen molar-refractivity contribution in [1.82, 2.24) is 0 Å². The van der Waals surface area contributed by atoms with E-state index in [4.69, 9.17) is 0 Å². The molecule has 0 aromatic heterocycles. The Morgan fingerprint density at radius 2 is 0.421 bits per heavy atom. The molecule has 0 N–H and O–H groups in total. The van der Waals surface area contributed by atoms with Gasteiger partial charge in [0, 0.05) is 50.7 Å². The number of nitrogens with zero attached hydrogens (tertiary/aromatic N) is 6. The van der Waals surface area contributed by atoms with E-state index in [2.05, 4.69) is 77.7 Å². The van der Waals surface area contributed by atoms with Crippen molar-refractivity contribution in [1.29, 1.82) is 0 Å². The Kier molecular flexibility index (Phi) is 22.0. The number of hydrogen-bond acceptors (Lipinski definition) is 6. The second-order valence-corrected chi connectivity index (χ2v) is 14.8. The van der Waals surface area contributed by atoms with Gasteiger partial charge in [-0.05, 0) is 69.8 Å². The highest BCUT2D eigenvalue weighted by Crippen LogP contribution is 2.11. The molecule has 0 saturated heterocycles. The topological polar surface area (TPSA) is 74.2 Å². The zero-order valence-electron chi connectivity index (χ0n) is 31.6. The van der Waals surface area contributed by atoms with Gasteiger partial charge in [0.15, 0.2) is 0 Å². The van der Waals surface area contributed by atoms with Gasteiger partial charge in [-0.15, -0.1) is 0 Å². The van der Waals surface area contributed by atoms with Gasteiger partial charge in [-0.25, -0.2) is 0 Å². The van der Waals surface area contributed by atoms with E-state index in [0.717, 1.165) is 59.9 Å². The minimum atomic E-state index is 0.698. The summed E-state index contributed by atoms with van der Waals surface area (Å²) in [5.41, 5.74) is 6.69. The molecule has 0 heterocycles. The number of aliphatic imine (C=N–C) groups is 6. The van der Waals surface area contributed by atoms with Crippen LogP contribution < -0.4 is 0 Å². The Hall–Kier alpha value is -5.22. The van der Waals surface area contributed by atoms with Crippen LogP contribution in [0.3, 0.4) is 0 Å². The van der Waals surface area contributed by atoms with E-state index in [1.165, 1.54) is 0 Å². The van der Waals surface area contributed by atoms with E-state index in [-0.39, 0.29) is 0 Å². The highest BCUT2D eigenvalue weighted by atomic mass is 79.9. The first kappa shape index (κ1) is 44.5. The lowest BCUT2D eigenvalue weighted by Gasteiger charge is -1.94. The molecule has 6 aromatic rings. The van der Waals surface area contributed by atoms with E-state index in [9.17, 15) is 0 Å². The minimum Gasteiger partial charge on any atom is -0.291 e. The molecule has 0 spiro atoms. The van der Waals surface area contributed by atoms with Crippen LogP contribution in [0, 0.1) is 0 Å². The van der Waals surface area contributed by atoms with E-state index < -0.39 is 0 Å². The molecule has 0 amide bonds. The van der Waals surface area contributed by atoms with Crippen molar-refractivity contribution < 1.29 is 0 Å². The Morgan fingerprint density at radius 3 is 0.614 bits per heavy atom. The van der Waals surface area contributed by atoms with Crippen LogP contribution in [0.25, 0.3) is 0 Å². The van der Waals surface area contributed by atoms with E-state index >= 15 is 0 Å². The van der Waals surface area contributed by atoms with Crippen LogP contribution >= 0.6 is 47.8 Å². The first-order chi connectivity index (χ1) is 28.0. The molecule has 0 saturated carbocycles. The zero-order chi connectivity index (χ0) is 40.0. The van der Waals surface area contributed by atoms with E-state index in [0.29, 0.717) is 26.2 Å². The Bertz CT molecular complexity index is 2030. The minimum absolute atomic E-state index is 0.698. The van der Waals surface area contributed by atoms with Crippen molar-refractivity contribution >= 4 is 85.1 Å². The van der Waals surface area contributed by atoms with Crippen LogP contribution in [0.1, 0.15) is 33.4 Å². The monoisotopic (exact) mass is 942 g/mol. The van der Waals surface area contributed by atoms with Crippen LogP contribution in [0.5, 0.6) is 0 Å². The molecule has 288 valence electrons. The van der Waals surface area contributed by atoms with Crippen LogP contribution in [0.4, 0.5) is 0 Å². The first-order valence-corrected chi connectivity index (χ1v) is 20.8. The summed E-state index contributed by atoms with van der Waals surface area (Å²) in [6.45, 7) is 4.25. The van der Waals surface area contributed by atoms with Gasteiger partial charge in [0.05, 0.1) is 39.3 Å². The lowest BCUT2D eigenvalue weighted by molar-refractivity contribution is 0.985. The van der Waals surface area contributed by atoms with Crippen LogP contribution in [-0.2, 0) is 0 Å². The van der Waals surface area contributed by atoms with E-state index in [1.807, 2.05) is 201 Å². The molecule has 0 fully saturated rings. The maximum absolute atomic E-state index is 4.36. The number of benzene rings is 6. The fourth-order valence-electron chi connectivity index (χ4n) is 4.63. The summed E-state index contributed by atoms with van der Waals surface area (Å²) in [4.78, 5) is 26.1. The van der Waals surface area contributed by atoms with Crippen molar-refractivity contribution in [3.05, 3.63) is 211 Å². The SMILES string of the molecule is Brc1ccc(C=NCCN=Cc2ccc(Br)cc2)cc1.Brc1ccc(C=NCCN=Cc2ccccc2)cc1.C(=NCCN=Cc1ccccc1)c1ccccc1. The van der Waals surface area contributed by atoms with Gasteiger partial charge in [-0.1, -0.05) is 175 Å². The standard InChI is InChI=1S/C16H14Br2N2.C16H15BrN2.C16H16N2/c17-15-5-1-13(2-6-15)11-19-9-10-20-12-14-3-7-16(18)8-4-14;17-16-8-6-15(7-9-16)13-19-11-10-18-12-14-4-2-1-3-5-14;1-3-7-15(8-4-1)13-17-11-12-18-14-16-9-5-2-6-10-16/h1-8,11-12H,9-10H2;1-9,12-13H,10-11H2;1-10,13-14H,11-12H2. The van der Waals surface area contributed by atoms with Gasteiger partial charge in [0.1, 0.15) is 0 Å². The molecule has 6 nitrogen and oxygen atoms in total. The summed E-state index contributed by atoms with van der Waals surface area (Å²) in [5.74, 6) is 0. The smallest absolute Gasteiger partial charge is 0.0585 e. The van der Waals surface area contributed by atoms with Gasteiger partial charge in [-0.2, -0.15) is 0 Å². The van der Waals surface area contributed by atoms with Gasteiger partial charge in [0.25, 0.3) is 0 Å². The fraction of sp³-hybridized carbons (Fsp3) is 0.125. The Labute approximate surface area is 362 Å². The molecule has 0 aliphatic carbocycles. The van der Waals surface area contributed by atoms with Crippen molar-refractivity contribution in [2.24, 2.45) is 30.0 Å². The lowest BCUT2D eigenvalue weighted by Crippen LogP contribution is -1.90. The van der Waals surface area contributed by atoms with Crippen molar-refractivity contribution in [2.75, 3.05) is 39.3 Å². The fourth-order valence-corrected chi connectivity index (χ4v) is 5.42. The largest absolute Gasteiger partial charge is 0.291 e. The maximum Gasteiger partial charge on any atom is 0.0585 e. The average Bonchev–Trinajstić information content (AvgIpc) is 3.25. The summed E-state index contributed by atoms with van der Waals surface area (Å²) in [5, 5.41) is 0. The molecule has 6 rings (SSSR count). The normalized spacial score (nSPS) is 11.4. The molecule has 0 atom stereocenters.